The lowest BCUT2D eigenvalue weighted by Crippen LogP contribution is -2.48. The van der Waals surface area contributed by atoms with Crippen molar-refractivity contribution in [1.29, 1.82) is 0 Å². The van der Waals surface area contributed by atoms with Crippen molar-refractivity contribution in [1.82, 2.24) is 14.8 Å². The predicted molar refractivity (Wildman–Crippen MR) is 126 cm³/mol. The van der Waals surface area contributed by atoms with Crippen LogP contribution < -0.4 is 0 Å². The van der Waals surface area contributed by atoms with Gasteiger partial charge in [0.25, 0.3) is 0 Å². The second kappa shape index (κ2) is 11.6. The summed E-state index contributed by atoms with van der Waals surface area (Å²) in [6.07, 6.45) is -8.02. The molecule has 198 valence electrons. The Morgan fingerprint density at radius 2 is 1.41 bits per heavy atom. The molecule has 1 aliphatic rings. The van der Waals surface area contributed by atoms with Gasteiger partial charge in [-0.25, -0.2) is 0 Å². The van der Waals surface area contributed by atoms with Gasteiger partial charge < -0.3 is 4.74 Å². The molecule has 1 fully saturated rings. The van der Waals surface area contributed by atoms with E-state index in [1.54, 1.807) is 6.20 Å². The smallest absolute Gasteiger partial charge is 0.375 e. The Kier molecular flexibility index (Phi) is 8.51. The molecule has 1 saturated heterocycles. The van der Waals surface area contributed by atoms with Crippen LogP contribution in [-0.4, -0.2) is 47.6 Å². The van der Waals surface area contributed by atoms with Crippen LogP contribution in [0.25, 0.3) is 0 Å². The highest BCUT2D eigenvalue weighted by atomic mass is 19.4. The first-order valence-electron chi connectivity index (χ1n) is 11.9. The van der Waals surface area contributed by atoms with Crippen LogP contribution in [0.1, 0.15) is 34.0 Å². The standard InChI is InChI=1S/C27H27F6N3O/c28-26(29,30)22-14-20(15-23(16-22)27(31,32)33)18-37-19-25(21-6-2-1-3-7-21)36-12-10-35(11-13-36)17-24-8-4-5-9-34-24/h1-9,14-16,25H,10-13,17-19H2. The molecule has 4 rings (SSSR count). The highest BCUT2D eigenvalue weighted by molar-refractivity contribution is 5.33. The van der Waals surface area contributed by atoms with Crippen LogP contribution in [0.15, 0.2) is 72.9 Å². The van der Waals surface area contributed by atoms with Gasteiger partial charge in [0, 0.05) is 38.9 Å². The van der Waals surface area contributed by atoms with E-state index in [0.717, 1.165) is 44.0 Å². The van der Waals surface area contributed by atoms with Gasteiger partial charge in [0.2, 0.25) is 0 Å². The maximum absolute atomic E-state index is 13.2. The van der Waals surface area contributed by atoms with Gasteiger partial charge in [-0.15, -0.1) is 0 Å². The van der Waals surface area contributed by atoms with Crippen molar-refractivity contribution < 1.29 is 31.1 Å². The van der Waals surface area contributed by atoms with Crippen molar-refractivity contribution in [3.8, 4) is 0 Å². The van der Waals surface area contributed by atoms with Crippen LogP contribution in [-0.2, 0) is 30.2 Å². The average molecular weight is 524 g/mol. The summed E-state index contributed by atoms with van der Waals surface area (Å²) in [7, 11) is 0. The molecule has 3 aromatic rings. The summed E-state index contributed by atoms with van der Waals surface area (Å²) in [5.74, 6) is 0. The van der Waals surface area contributed by atoms with Gasteiger partial charge in [-0.3, -0.25) is 14.8 Å². The Bertz CT molecular complexity index is 1100. The fraction of sp³-hybridized carbons (Fsp3) is 0.370. The number of halogens is 6. The Morgan fingerprint density at radius 3 is 1.97 bits per heavy atom. The number of piperazine rings is 1. The van der Waals surface area contributed by atoms with Crippen LogP contribution >= 0.6 is 0 Å². The molecule has 1 unspecified atom stereocenters. The van der Waals surface area contributed by atoms with E-state index in [-0.39, 0.29) is 30.9 Å². The summed E-state index contributed by atoms with van der Waals surface area (Å²) in [5, 5.41) is 0. The Balaban J connectivity index is 1.43. The highest BCUT2D eigenvalue weighted by Gasteiger charge is 2.37. The maximum atomic E-state index is 13.2. The number of rotatable bonds is 8. The van der Waals surface area contributed by atoms with E-state index in [1.807, 2.05) is 48.5 Å². The molecule has 0 saturated carbocycles. The minimum Gasteiger partial charge on any atom is -0.375 e. The fourth-order valence-electron chi connectivity index (χ4n) is 4.43. The Hall–Kier alpha value is -2.95. The number of ether oxygens (including phenoxy) is 1. The zero-order valence-electron chi connectivity index (χ0n) is 20.0. The monoisotopic (exact) mass is 523 g/mol. The minimum atomic E-state index is -4.89. The fourth-order valence-corrected chi connectivity index (χ4v) is 4.43. The average Bonchev–Trinajstić information content (AvgIpc) is 2.87. The topological polar surface area (TPSA) is 28.6 Å². The summed E-state index contributed by atoms with van der Waals surface area (Å²) in [4.78, 5) is 8.90. The summed E-state index contributed by atoms with van der Waals surface area (Å²) in [5.41, 5.74) is -0.901. The first-order chi connectivity index (χ1) is 17.6. The summed E-state index contributed by atoms with van der Waals surface area (Å²) < 4.78 is 84.9. The minimum absolute atomic E-state index is 0.126. The summed E-state index contributed by atoms with van der Waals surface area (Å²) in [6, 6.07) is 16.7. The van der Waals surface area contributed by atoms with Crippen LogP contribution in [0.5, 0.6) is 0 Å². The lowest BCUT2D eigenvalue weighted by Gasteiger charge is -2.39. The van der Waals surface area contributed by atoms with E-state index in [4.69, 9.17) is 4.74 Å². The number of hydrogen-bond donors (Lipinski definition) is 0. The lowest BCUT2D eigenvalue weighted by molar-refractivity contribution is -0.143. The van der Waals surface area contributed by atoms with Crippen molar-refractivity contribution in [2.45, 2.75) is 31.5 Å². The lowest BCUT2D eigenvalue weighted by atomic mass is 10.0. The van der Waals surface area contributed by atoms with Crippen molar-refractivity contribution in [3.63, 3.8) is 0 Å². The molecule has 4 nitrogen and oxygen atoms in total. The van der Waals surface area contributed by atoms with Gasteiger partial charge in [0.15, 0.2) is 0 Å². The van der Waals surface area contributed by atoms with Crippen LogP contribution in [0.4, 0.5) is 26.3 Å². The molecule has 0 aliphatic carbocycles. The van der Waals surface area contributed by atoms with E-state index in [9.17, 15) is 26.3 Å². The largest absolute Gasteiger partial charge is 0.416 e. The molecule has 2 aromatic carbocycles. The second-order valence-corrected chi connectivity index (χ2v) is 8.99. The molecular weight excluding hydrogens is 496 g/mol. The van der Waals surface area contributed by atoms with Crippen molar-refractivity contribution in [2.75, 3.05) is 32.8 Å². The van der Waals surface area contributed by atoms with Crippen LogP contribution in [0.2, 0.25) is 0 Å². The maximum Gasteiger partial charge on any atom is 0.416 e. The molecule has 1 aromatic heterocycles. The molecular formula is C27H27F6N3O. The van der Waals surface area contributed by atoms with Gasteiger partial charge in [0.05, 0.1) is 36.1 Å². The van der Waals surface area contributed by atoms with Crippen molar-refractivity contribution >= 4 is 0 Å². The second-order valence-electron chi connectivity index (χ2n) is 8.99. The third-order valence-corrected chi connectivity index (χ3v) is 6.34. The van der Waals surface area contributed by atoms with Crippen LogP contribution in [0.3, 0.4) is 0 Å². The first-order valence-corrected chi connectivity index (χ1v) is 11.9. The van der Waals surface area contributed by atoms with E-state index < -0.39 is 23.5 Å². The number of nitrogens with zero attached hydrogens (tertiary/aromatic N) is 3. The predicted octanol–water partition coefficient (Wildman–Crippen LogP) is 6.19. The van der Waals surface area contributed by atoms with Gasteiger partial charge in [-0.05, 0) is 41.5 Å². The molecule has 10 heteroatoms. The van der Waals surface area contributed by atoms with Crippen molar-refractivity contribution in [3.05, 3.63) is 101 Å². The molecule has 0 bridgehead atoms. The molecule has 0 spiro atoms. The zero-order chi connectivity index (χ0) is 26.5. The van der Waals surface area contributed by atoms with E-state index in [1.165, 1.54) is 0 Å². The molecule has 1 aliphatic heterocycles. The molecule has 37 heavy (non-hydrogen) atoms. The quantitative estimate of drug-likeness (QED) is 0.329. The SMILES string of the molecule is FC(F)(F)c1cc(COCC(c2ccccc2)N2CCN(Cc3ccccn3)CC2)cc(C(F)(F)F)c1. The molecule has 0 amide bonds. The Labute approximate surface area is 211 Å². The van der Waals surface area contributed by atoms with E-state index in [2.05, 4.69) is 14.8 Å². The summed E-state index contributed by atoms with van der Waals surface area (Å²) >= 11 is 0. The van der Waals surface area contributed by atoms with Crippen molar-refractivity contribution in [2.24, 2.45) is 0 Å². The molecule has 0 N–H and O–H groups in total. The van der Waals surface area contributed by atoms with Gasteiger partial charge in [-0.1, -0.05) is 36.4 Å². The third kappa shape index (κ3) is 7.53. The third-order valence-electron chi connectivity index (χ3n) is 6.34. The van der Waals surface area contributed by atoms with Gasteiger partial charge in [0.1, 0.15) is 0 Å². The molecule has 2 heterocycles. The van der Waals surface area contributed by atoms with Gasteiger partial charge in [-0.2, -0.15) is 26.3 Å². The van der Waals surface area contributed by atoms with Crippen LogP contribution in [0, 0.1) is 0 Å². The molecule has 1 atom stereocenters. The number of benzene rings is 2. The van der Waals surface area contributed by atoms with E-state index >= 15 is 0 Å². The number of hydrogen-bond acceptors (Lipinski definition) is 4. The highest BCUT2D eigenvalue weighted by Crippen LogP contribution is 2.36. The normalized spacial score (nSPS) is 16.6. The number of pyridine rings is 1. The first kappa shape index (κ1) is 27.1. The number of alkyl halides is 6. The van der Waals surface area contributed by atoms with Gasteiger partial charge >= 0.3 is 12.4 Å². The van der Waals surface area contributed by atoms with E-state index in [0.29, 0.717) is 12.1 Å². The zero-order valence-corrected chi connectivity index (χ0v) is 20.0. The molecule has 0 radical (unpaired) electrons. The Morgan fingerprint density at radius 1 is 0.784 bits per heavy atom. The number of aromatic nitrogens is 1. The summed E-state index contributed by atoms with van der Waals surface area (Å²) in [6.45, 7) is 3.55.